The van der Waals surface area contributed by atoms with E-state index in [0.29, 0.717) is 17.5 Å². The van der Waals surface area contributed by atoms with Crippen LogP contribution >= 0.6 is 0 Å². The molecule has 0 atom stereocenters. The molecule has 302 valence electrons. The molecule has 3 heterocycles. The normalized spacial score (nSPS) is 15.8. The van der Waals surface area contributed by atoms with Crippen LogP contribution in [0.2, 0.25) is 0 Å². The lowest BCUT2D eigenvalue weighted by molar-refractivity contribution is 0.00578. The summed E-state index contributed by atoms with van der Waals surface area (Å²) in [7, 11) is -0.452. The molecule has 2 aromatic heterocycles. The number of furan rings is 1. The third-order valence-electron chi connectivity index (χ3n) is 13.2. The van der Waals surface area contributed by atoms with Gasteiger partial charge in [-0.05, 0) is 116 Å². The SMILES string of the molecule is CC1(C)c2ccccc2-c2ccc(N(c3ccc(B4OC(C)(C)C(C)(C)O4)cc3)c3ccc(-c4nc(-c5ccccc5)nc(-c5cccc6oc7ccccc7c56)n4)cc3)cc21. The number of aromatic nitrogens is 3. The third kappa shape index (κ3) is 6.16. The summed E-state index contributed by atoms with van der Waals surface area (Å²) in [5.74, 6) is 1.77. The van der Waals surface area contributed by atoms with E-state index in [2.05, 4.69) is 150 Å². The highest BCUT2D eigenvalue weighted by Gasteiger charge is 2.51. The minimum absolute atomic E-state index is 0.155. The molecule has 62 heavy (non-hydrogen) atoms. The molecule has 1 aliphatic heterocycles. The zero-order valence-electron chi connectivity index (χ0n) is 35.7. The van der Waals surface area contributed by atoms with Crippen molar-refractivity contribution in [3.05, 3.63) is 175 Å². The summed E-state index contributed by atoms with van der Waals surface area (Å²) in [5, 5.41) is 2.00. The zero-order valence-corrected chi connectivity index (χ0v) is 35.7. The Morgan fingerprint density at radius 3 is 1.73 bits per heavy atom. The van der Waals surface area contributed by atoms with Gasteiger partial charge in [-0.15, -0.1) is 0 Å². The van der Waals surface area contributed by atoms with Crippen molar-refractivity contribution < 1.29 is 13.7 Å². The van der Waals surface area contributed by atoms with Crippen LogP contribution in [0.25, 0.3) is 67.2 Å². The fourth-order valence-corrected chi connectivity index (χ4v) is 9.10. The molecule has 9 aromatic rings. The first kappa shape index (κ1) is 38.1. The maximum atomic E-state index is 6.43. The number of fused-ring (bicyclic) bond motifs is 6. The summed E-state index contributed by atoms with van der Waals surface area (Å²) in [4.78, 5) is 17.6. The zero-order chi connectivity index (χ0) is 42.4. The highest BCUT2D eigenvalue weighted by Crippen LogP contribution is 2.51. The van der Waals surface area contributed by atoms with Crippen LogP contribution in [0.5, 0.6) is 0 Å². The highest BCUT2D eigenvalue weighted by atomic mass is 16.7. The Labute approximate surface area is 362 Å². The van der Waals surface area contributed by atoms with Gasteiger partial charge in [0.15, 0.2) is 17.5 Å². The van der Waals surface area contributed by atoms with Crippen molar-refractivity contribution in [3.63, 3.8) is 0 Å². The lowest BCUT2D eigenvalue weighted by atomic mass is 9.79. The van der Waals surface area contributed by atoms with Gasteiger partial charge in [0.25, 0.3) is 0 Å². The van der Waals surface area contributed by atoms with E-state index in [1.54, 1.807) is 0 Å². The largest absolute Gasteiger partial charge is 0.494 e. The molecular weight excluding hydrogens is 763 g/mol. The second-order valence-electron chi connectivity index (χ2n) is 17.9. The molecule has 1 fully saturated rings. The van der Waals surface area contributed by atoms with Crippen molar-refractivity contribution in [3.8, 4) is 45.3 Å². The smallest absolute Gasteiger partial charge is 0.456 e. The Kier molecular flexibility index (Phi) is 8.66. The average Bonchev–Trinajstić information content (AvgIpc) is 3.87. The van der Waals surface area contributed by atoms with Crippen molar-refractivity contribution >= 4 is 51.6 Å². The van der Waals surface area contributed by atoms with Crippen LogP contribution in [0.15, 0.2) is 168 Å². The van der Waals surface area contributed by atoms with Crippen molar-refractivity contribution in [2.75, 3.05) is 4.90 Å². The van der Waals surface area contributed by atoms with E-state index in [1.807, 2.05) is 60.7 Å². The third-order valence-corrected chi connectivity index (χ3v) is 13.2. The van der Waals surface area contributed by atoms with Crippen LogP contribution in [-0.2, 0) is 14.7 Å². The monoisotopic (exact) mass is 808 g/mol. The van der Waals surface area contributed by atoms with Crippen LogP contribution in [0.1, 0.15) is 52.7 Å². The van der Waals surface area contributed by atoms with Crippen LogP contribution in [0, 0.1) is 0 Å². The van der Waals surface area contributed by atoms with Gasteiger partial charge >= 0.3 is 7.12 Å². The summed E-state index contributed by atoms with van der Waals surface area (Å²) < 4.78 is 19.1. The maximum Gasteiger partial charge on any atom is 0.494 e. The summed E-state index contributed by atoms with van der Waals surface area (Å²) in [6.45, 7) is 13.0. The fourth-order valence-electron chi connectivity index (χ4n) is 9.10. The number of anilines is 3. The van der Waals surface area contributed by atoms with Gasteiger partial charge in [0.05, 0.1) is 11.2 Å². The molecule has 0 N–H and O–H groups in total. The van der Waals surface area contributed by atoms with Crippen LogP contribution in [0.3, 0.4) is 0 Å². The summed E-state index contributed by atoms with van der Waals surface area (Å²) >= 11 is 0. The topological polar surface area (TPSA) is 73.5 Å². The molecule has 0 saturated carbocycles. The summed E-state index contributed by atoms with van der Waals surface area (Å²) in [6, 6.07) is 56.9. The molecule has 0 spiro atoms. The quantitative estimate of drug-likeness (QED) is 0.148. The van der Waals surface area contributed by atoms with E-state index < -0.39 is 18.3 Å². The molecule has 7 aromatic carbocycles. The van der Waals surface area contributed by atoms with Crippen molar-refractivity contribution in [1.29, 1.82) is 0 Å². The fraction of sp³-hybridized carbons (Fsp3) is 0.167. The number of hydrogen-bond donors (Lipinski definition) is 0. The molecular formula is C54H45BN4O3. The molecule has 11 rings (SSSR count). The van der Waals surface area contributed by atoms with Gasteiger partial charge in [0.1, 0.15) is 11.2 Å². The number of hydrogen-bond acceptors (Lipinski definition) is 7. The van der Waals surface area contributed by atoms with Crippen LogP contribution < -0.4 is 10.4 Å². The first-order valence-electron chi connectivity index (χ1n) is 21.3. The predicted molar refractivity (Wildman–Crippen MR) is 251 cm³/mol. The molecule has 0 radical (unpaired) electrons. The highest BCUT2D eigenvalue weighted by molar-refractivity contribution is 6.62. The Bertz CT molecular complexity index is 3160. The standard InChI is InChI=1S/C54H45BN4O3/c1-52(2)44-20-12-10-17-40(44)41-32-31-39(33-45(41)52)59(38-29-25-36(26-30-38)55-61-53(3,4)54(5,6)62-55)37-27-23-35(24-28-37)50-56-49(34-15-8-7-9-16-34)57-51(58-50)43-19-14-22-47-48(43)42-18-11-13-21-46(42)60-47/h7-33H,1-6H3. The van der Waals surface area contributed by atoms with E-state index in [4.69, 9.17) is 28.7 Å². The lowest BCUT2D eigenvalue weighted by Gasteiger charge is -2.32. The average molecular weight is 809 g/mol. The van der Waals surface area contributed by atoms with Gasteiger partial charge in [-0.25, -0.2) is 15.0 Å². The van der Waals surface area contributed by atoms with Crippen LogP contribution in [0.4, 0.5) is 17.1 Å². The minimum atomic E-state index is -0.452. The van der Waals surface area contributed by atoms with E-state index >= 15 is 0 Å². The number of nitrogens with zero attached hydrogens (tertiary/aromatic N) is 4. The second kappa shape index (κ2) is 14.1. The van der Waals surface area contributed by atoms with Gasteiger partial charge in [-0.1, -0.05) is 117 Å². The van der Waals surface area contributed by atoms with Gasteiger partial charge < -0.3 is 18.6 Å². The first-order chi connectivity index (χ1) is 29.9. The molecule has 1 saturated heterocycles. The minimum Gasteiger partial charge on any atom is -0.456 e. The Hall–Kier alpha value is -6.87. The molecule has 0 unspecified atom stereocenters. The Morgan fingerprint density at radius 2 is 1.00 bits per heavy atom. The van der Waals surface area contributed by atoms with Gasteiger partial charge in [-0.2, -0.15) is 0 Å². The summed E-state index contributed by atoms with van der Waals surface area (Å²) in [6.07, 6.45) is 0. The van der Waals surface area contributed by atoms with Crippen molar-refractivity contribution in [1.82, 2.24) is 15.0 Å². The maximum absolute atomic E-state index is 6.43. The molecule has 0 amide bonds. The van der Waals surface area contributed by atoms with Gasteiger partial charge in [0.2, 0.25) is 0 Å². The van der Waals surface area contributed by atoms with Gasteiger partial charge in [0, 0.05) is 49.9 Å². The van der Waals surface area contributed by atoms with Gasteiger partial charge in [-0.3, -0.25) is 0 Å². The molecule has 7 nitrogen and oxygen atoms in total. The van der Waals surface area contributed by atoms with E-state index in [1.165, 1.54) is 22.3 Å². The van der Waals surface area contributed by atoms with E-state index in [9.17, 15) is 0 Å². The second-order valence-corrected chi connectivity index (χ2v) is 17.9. The Morgan fingerprint density at radius 1 is 0.452 bits per heavy atom. The van der Waals surface area contributed by atoms with E-state index in [-0.39, 0.29) is 5.41 Å². The number of para-hydroxylation sites is 1. The Balaban J connectivity index is 1.02. The van der Waals surface area contributed by atoms with Crippen molar-refractivity contribution in [2.24, 2.45) is 0 Å². The summed E-state index contributed by atoms with van der Waals surface area (Å²) in [5.41, 5.74) is 12.6. The van der Waals surface area contributed by atoms with Crippen molar-refractivity contribution in [2.45, 2.75) is 58.2 Å². The lowest BCUT2D eigenvalue weighted by Crippen LogP contribution is -2.41. The first-order valence-corrected chi connectivity index (χ1v) is 21.3. The van der Waals surface area contributed by atoms with Crippen LogP contribution in [-0.4, -0.2) is 33.3 Å². The molecule has 2 aliphatic rings. The molecule has 8 heteroatoms. The molecule has 0 bridgehead atoms. The number of benzene rings is 7. The number of rotatable bonds is 7. The molecule has 1 aliphatic carbocycles. The van der Waals surface area contributed by atoms with E-state index in [0.717, 1.165) is 61.2 Å². The predicted octanol–water partition coefficient (Wildman–Crippen LogP) is 12.8.